The summed E-state index contributed by atoms with van der Waals surface area (Å²) >= 11 is 1.25. The van der Waals surface area contributed by atoms with Crippen LogP contribution in [-0.4, -0.2) is 21.1 Å². The van der Waals surface area contributed by atoms with Crippen LogP contribution < -0.4 is 5.32 Å². The van der Waals surface area contributed by atoms with Gasteiger partial charge in [-0.1, -0.05) is 23.9 Å². The van der Waals surface area contributed by atoms with Gasteiger partial charge in [0.05, 0.1) is 21.8 Å². The Labute approximate surface area is 145 Å². The van der Waals surface area contributed by atoms with E-state index in [2.05, 4.69) is 15.3 Å². The summed E-state index contributed by atoms with van der Waals surface area (Å²) < 4.78 is 37.6. The number of rotatable bonds is 4. The third kappa shape index (κ3) is 4.14. The molecule has 4 nitrogen and oxygen atoms in total. The highest BCUT2D eigenvalue weighted by molar-refractivity contribution is 8.00. The number of imidazole rings is 1. The fraction of sp³-hybridized carbons (Fsp3) is 0.176. The van der Waals surface area contributed by atoms with E-state index >= 15 is 0 Å². The van der Waals surface area contributed by atoms with Gasteiger partial charge in [-0.25, -0.2) is 4.98 Å². The second-order valence-electron chi connectivity index (χ2n) is 5.38. The Bertz CT molecular complexity index is 857. The smallest absolute Gasteiger partial charge is 0.333 e. The second kappa shape index (κ2) is 6.79. The average molecular weight is 365 g/mol. The van der Waals surface area contributed by atoms with Crippen molar-refractivity contribution in [2.45, 2.75) is 23.5 Å². The van der Waals surface area contributed by atoms with Gasteiger partial charge in [0.1, 0.15) is 0 Å². The molecule has 0 saturated heterocycles. The quantitative estimate of drug-likeness (QED) is 0.659. The summed E-state index contributed by atoms with van der Waals surface area (Å²) in [5.74, 6) is -0.315. The van der Waals surface area contributed by atoms with Gasteiger partial charge in [0.25, 0.3) is 0 Å². The number of hydrogen-bond donors (Lipinski definition) is 2. The maximum absolute atomic E-state index is 12.5. The maximum atomic E-state index is 12.5. The molecular weight excluding hydrogens is 351 g/mol. The summed E-state index contributed by atoms with van der Waals surface area (Å²) in [6.45, 7) is 1.71. The van der Waals surface area contributed by atoms with Crippen molar-refractivity contribution in [3.8, 4) is 0 Å². The fourth-order valence-corrected chi connectivity index (χ4v) is 3.01. The molecule has 130 valence electrons. The van der Waals surface area contributed by atoms with Crippen molar-refractivity contribution in [3.63, 3.8) is 0 Å². The number of aromatic nitrogens is 2. The molecule has 3 rings (SSSR count). The maximum Gasteiger partial charge on any atom is 0.416 e. The number of halogens is 3. The lowest BCUT2D eigenvalue weighted by Gasteiger charge is -2.12. The molecular formula is C17H14F3N3OS. The summed E-state index contributed by atoms with van der Waals surface area (Å²) in [6, 6.07) is 11.9. The van der Waals surface area contributed by atoms with Crippen molar-refractivity contribution in [3.05, 3.63) is 54.1 Å². The summed E-state index contributed by atoms with van der Waals surface area (Å²) in [7, 11) is 0. The molecule has 0 radical (unpaired) electrons. The molecule has 0 bridgehead atoms. The normalized spacial score (nSPS) is 13.0. The number of anilines is 1. The third-order valence-corrected chi connectivity index (χ3v) is 4.49. The van der Waals surface area contributed by atoms with E-state index in [1.54, 1.807) is 6.92 Å². The minimum atomic E-state index is -4.40. The Morgan fingerprint density at radius 2 is 1.84 bits per heavy atom. The van der Waals surface area contributed by atoms with Gasteiger partial charge >= 0.3 is 6.18 Å². The molecule has 2 N–H and O–H groups in total. The second-order valence-corrected chi connectivity index (χ2v) is 6.71. The van der Waals surface area contributed by atoms with Gasteiger partial charge < -0.3 is 10.3 Å². The topological polar surface area (TPSA) is 57.8 Å². The van der Waals surface area contributed by atoms with Crippen LogP contribution in [-0.2, 0) is 11.0 Å². The molecule has 0 spiro atoms. The van der Waals surface area contributed by atoms with E-state index in [1.807, 2.05) is 24.3 Å². The van der Waals surface area contributed by atoms with Crippen LogP contribution in [0.2, 0.25) is 0 Å². The van der Waals surface area contributed by atoms with Gasteiger partial charge in [-0.15, -0.1) is 0 Å². The van der Waals surface area contributed by atoms with Crippen LogP contribution >= 0.6 is 11.8 Å². The van der Waals surface area contributed by atoms with Crippen molar-refractivity contribution in [2.75, 3.05) is 5.32 Å². The van der Waals surface area contributed by atoms with Gasteiger partial charge in [-0.2, -0.15) is 13.2 Å². The zero-order valence-corrected chi connectivity index (χ0v) is 13.9. The number of H-pyrrole nitrogens is 1. The van der Waals surface area contributed by atoms with Crippen LogP contribution in [0.1, 0.15) is 12.5 Å². The molecule has 1 heterocycles. The van der Waals surface area contributed by atoms with Crippen LogP contribution in [0.15, 0.2) is 53.7 Å². The summed E-state index contributed by atoms with van der Waals surface area (Å²) in [6.07, 6.45) is -4.40. The number of aromatic amines is 1. The van der Waals surface area contributed by atoms with E-state index in [0.29, 0.717) is 10.8 Å². The first-order chi connectivity index (χ1) is 11.8. The number of alkyl halides is 3. The largest absolute Gasteiger partial charge is 0.416 e. The van der Waals surface area contributed by atoms with Gasteiger partial charge in [-0.3, -0.25) is 4.79 Å². The number of nitrogens with zero attached hydrogens (tertiary/aromatic N) is 1. The SMILES string of the molecule is C[C@H](Sc1nc2ccccc2[nH]1)C(=O)Nc1ccc(C(F)(F)F)cc1. The zero-order chi connectivity index (χ0) is 18.0. The van der Waals surface area contributed by atoms with E-state index in [0.717, 1.165) is 23.2 Å². The average Bonchev–Trinajstić information content (AvgIpc) is 2.96. The van der Waals surface area contributed by atoms with Crippen LogP contribution in [0.3, 0.4) is 0 Å². The van der Waals surface area contributed by atoms with E-state index in [4.69, 9.17) is 0 Å². The Hall–Kier alpha value is -2.48. The van der Waals surface area contributed by atoms with Crippen LogP contribution in [0.25, 0.3) is 11.0 Å². The van der Waals surface area contributed by atoms with E-state index < -0.39 is 17.0 Å². The number of fused-ring (bicyclic) bond motifs is 1. The first-order valence-corrected chi connectivity index (χ1v) is 8.30. The molecule has 0 saturated carbocycles. The van der Waals surface area contributed by atoms with Crippen molar-refractivity contribution >= 4 is 34.4 Å². The molecule has 1 atom stereocenters. The van der Waals surface area contributed by atoms with Gasteiger partial charge in [0.2, 0.25) is 5.91 Å². The molecule has 0 fully saturated rings. The van der Waals surface area contributed by atoms with Gasteiger partial charge in [0.15, 0.2) is 5.16 Å². The van der Waals surface area contributed by atoms with E-state index in [1.165, 1.54) is 23.9 Å². The molecule has 0 aliphatic carbocycles. The third-order valence-electron chi connectivity index (χ3n) is 3.51. The minimum absolute atomic E-state index is 0.315. The lowest BCUT2D eigenvalue weighted by atomic mass is 10.2. The molecule has 3 aromatic rings. The van der Waals surface area contributed by atoms with Crippen molar-refractivity contribution in [1.29, 1.82) is 0 Å². The number of benzene rings is 2. The van der Waals surface area contributed by atoms with Crippen molar-refractivity contribution < 1.29 is 18.0 Å². The zero-order valence-electron chi connectivity index (χ0n) is 13.1. The first kappa shape index (κ1) is 17.3. The Balaban J connectivity index is 1.64. The Kier molecular flexibility index (Phi) is 4.71. The highest BCUT2D eigenvalue weighted by Crippen LogP contribution is 2.30. The van der Waals surface area contributed by atoms with Crippen molar-refractivity contribution in [2.24, 2.45) is 0 Å². The lowest BCUT2D eigenvalue weighted by Crippen LogP contribution is -2.22. The van der Waals surface area contributed by atoms with E-state index in [-0.39, 0.29) is 5.91 Å². The van der Waals surface area contributed by atoms with Crippen LogP contribution in [0.5, 0.6) is 0 Å². The number of nitrogens with one attached hydrogen (secondary N) is 2. The minimum Gasteiger partial charge on any atom is -0.333 e. The highest BCUT2D eigenvalue weighted by Gasteiger charge is 2.30. The number of hydrogen-bond acceptors (Lipinski definition) is 3. The summed E-state index contributed by atoms with van der Waals surface area (Å²) in [5, 5.41) is 2.74. The predicted molar refractivity (Wildman–Crippen MR) is 91.5 cm³/mol. The van der Waals surface area contributed by atoms with Gasteiger partial charge in [0, 0.05) is 5.69 Å². The number of amides is 1. The number of para-hydroxylation sites is 2. The predicted octanol–water partition coefficient (Wildman–Crippen LogP) is 4.70. The molecule has 1 aromatic heterocycles. The summed E-state index contributed by atoms with van der Waals surface area (Å²) in [4.78, 5) is 19.7. The Morgan fingerprint density at radius 1 is 1.16 bits per heavy atom. The number of carbonyl (C=O) groups excluding carboxylic acids is 1. The Morgan fingerprint density at radius 3 is 2.48 bits per heavy atom. The molecule has 1 amide bonds. The van der Waals surface area contributed by atoms with Crippen LogP contribution in [0.4, 0.5) is 18.9 Å². The lowest BCUT2D eigenvalue weighted by molar-refractivity contribution is -0.137. The van der Waals surface area contributed by atoms with Crippen molar-refractivity contribution in [1.82, 2.24) is 9.97 Å². The molecule has 25 heavy (non-hydrogen) atoms. The monoisotopic (exact) mass is 365 g/mol. The molecule has 2 aromatic carbocycles. The van der Waals surface area contributed by atoms with Crippen LogP contribution in [0, 0.1) is 0 Å². The first-order valence-electron chi connectivity index (χ1n) is 7.42. The molecule has 0 aliphatic rings. The number of carbonyl (C=O) groups is 1. The standard InChI is InChI=1S/C17H14F3N3OS/c1-10(25-16-22-13-4-2-3-5-14(13)23-16)15(24)21-12-8-6-11(7-9-12)17(18,19)20/h2-10H,1H3,(H,21,24)(H,22,23)/t10-/m0/s1. The highest BCUT2D eigenvalue weighted by atomic mass is 32.2. The number of thioether (sulfide) groups is 1. The summed E-state index contributed by atoms with van der Waals surface area (Å²) in [5.41, 5.74) is 1.24. The molecule has 0 aliphatic heterocycles. The molecule has 0 unspecified atom stereocenters. The molecule has 8 heteroatoms. The van der Waals surface area contributed by atoms with Gasteiger partial charge in [-0.05, 0) is 43.3 Å². The van der Waals surface area contributed by atoms with E-state index in [9.17, 15) is 18.0 Å². The fourth-order valence-electron chi connectivity index (χ4n) is 2.19.